The molecule has 0 aliphatic rings. The number of hydrogen-bond acceptors (Lipinski definition) is 2. The second-order valence-electron chi connectivity index (χ2n) is 10.4. The van der Waals surface area contributed by atoms with E-state index in [0.29, 0.717) is 0 Å². The van der Waals surface area contributed by atoms with Gasteiger partial charge in [0.2, 0.25) is 0 Å². The van der Waals surface area contributed by atoms with E-state index in [1.165, 1.54) is 0 Å². The van der Waals surface area contributed by atoms with Crippen LogP contribution in [-0.2, 0) is 0 Å². The number of benzene rings is 6. The average molecular weight is 539 g/mol. The summed E-state index contributed by atoms with van der Waals surface area (Å²) in [6.45, 7) is 0. The van der Waals surface area contributed by atoms with Crippen molar-refractivity contribution in [3.8, 4) is 50.5 Å². The first kappa shape index (κ1) is 24.2. The molecule has 0 spiro atoms. The van der Waals surface area contributed by atoms with E-state index in [4.69, 9.17) is 9.40 Å². The van der Waals surface area contributed by atoms with E-state index in [9.17, 15) is 0 Å². The van der Waals surface area contributed by atoms with Gasteiger partial charge in [-0.3, -0.25) is 4.57 Å². The van der Waals surface area contributed by atoms with Gasteiger partial charge in [-0.2, -0.15) is 0 Å². The molecule has 6 aromatic carbocycles. The molecular weight excluding hydrogens is 512 g/mol. The Balaban J connectivity index is 1.43. The van der Waals surface area contributed by atoms with E-state index in [-0.39, 0.29) is 0 Å². The smallest absolute Gasteiger partial charge is 0.149 e. The monoisotopic (exact) mass is 538 g/mol. The molecule has 0 saturated carbocycles. The Morgan fingerprint density at radius 1 is 0.476 bits per heavy atom. The highest BCUT2D eigenvalue weighted by Crippen LogP contribution is 2.42. The number of furan rings is 1. The van der Waals surface area contributed by atoms with E-state index in [2.05, 4.69) is 144 Å². The first-order valence-corrected chi connectivity index (χ1v) is 14.1. The molecule has 0 aliphatic heterocycles. The van der Waals surface area contributed by atoms with Crippen LogP contribution in [0.1, 0.15) is 0 Å². The van der Waals surface area contributed by atoms with Gasteiger partial charge < -0.3 is 4.42 Å². The predicted octanol–water partition coefficient (Wildman–Crippen LogP) is 10.4. The van der Waals surface area contributed by atoms with E-state index in [0.717, 1.165) is 72.5 Å². The lowest BCUT2D eigenvalue weighted by atomic mass is 9.95. The molecule has 8 rings (SSSR count). The topological polar surface area (TPSA) is 31.0 Å². The lowest BCUT2D eigenvalue weighted by Crippen LogP contribution is -2.03. The van der Waals surface area contributed by atoms with Gasteiger partial charge in [0.1, 0.15) is 17.7 Å². The Bertz CT molecular complexity index is 2120. The molecule has 0 unspecified atom stereocenters. The minimum Gasteiger partial charge on any atom is -0.464 e. The third-order valence-electron chi connectivity index (χ3n) is 7.91. The van der Waals surface area contributed by atoms with Crippen LogP contribution in [0, 0.1) is 0 Å². The van der Waals surface area contributed by atoms with Crippen molar-refractivity contribution in [2.45, 2.75) is 0 Å². The van der Waals surface area contributed by atoms with Gasteiger partial charge in [-0.25, -0.2) is 4.98 Å². The predicted molar refractivity (Wildman–Crippen MR) is 173 cm³/mol. The Hall–Kier alpha value is -5.67. The Morgan fingerprint density at radius 2 is 1.07 bits per heavy atom. The first-order chi connectivity index (χ1) is 20.8. The van der Waals surface area contributed by atoms with Crippen LogP contribution < -0.4 is 0 Å². The van der Waals surface area contributed by atoms with Crippen LogP contribution in [0.5, 0.6) is 0 Å². The highest BCUT2D eigenvalue weighted by Gasteiger charge is 2.23. The van der Waals surface area contributed by atoms with Crippen molar-refractivity contribution in [3.63, 3.8) is 0 Å². The maximum atomic E-state index is 6.23. The minimum atomic E-state index is 0.838. The summed E-state index contributed by atoms with van der Waals surface area (Å²) in [6, 6.07) is 52.9. The van der Waals surface area contributed by atoms with Crippen LogP contribution >= 0.6 is 0 Å². The molecule has 198 valence electrons. The quantitative estimate of drug-likeness (QED) is 0.218. The average Bonchev–Trinajstić information content (AvgIpc) is 3.66. The van der Waals surface area contributed by atoms with Crippen molar-refractivity contribution >= 4 is 22.0 Å². The summed E-state index contributed by atoms with van der Waals surface area (Å²) < 4.78 is 8.54. The Morgan fingerprint density at radius 3 is 1.74 bits per heavy atom. The molecule has 2 aromatic heterocycles. The van der Waals surface area contributed by atoms with Gasteiger partial charge in [-0.15, -0.1) is 0 Å². The molecule has 42 heavy (non-hydrogen) atoms. The van der Waals surface area contributed by atoms with Crippen molar-refractivity contribution in [1.29, 1.82) is 0 Å². The van der Waals surface area contributed by atoms with Gasteiger partial charge in [0, 0.05) is 16.5 Å². The molecule has 0 N–H and O–H groups in total. The maximum Gasteiger partial charge on any atom is 0.149 e. The third-order valence-corrected chi connectivity index (χ3v) is 7.91. The number of nitrogens with zero attached hydrogens (tertiary/aromatic N) is 2. The van der Waals surface area contributed by atoms with E-state index in [1.54, 1.807) is 0 Å². The Labute approximate surface area is 244 Å². The SMILES string of the molecule is c1ccc(-c2ccc3c(-c4nc5ccccc5n4-c4c(-c5ccccc5)cccc4-c4ccccc4)coc3c2)cc1. The molecule has 2 heterocycles. The molecule has 0 atom stereocenters. The van der Waals surface area contributed by atoms with E-state index >= 15 is 0 Å². The molecule has 0 bridgehead atoms. The molecule has 0 fully saturated rings. The Kier molecular flexibility index (Phi) is 5.79. The van der Waals surface area contributed by atoms with Gasteiger partial charge in [0.05, 0.1) is 22.3 Å². The number of aromatic nitrogens is 2. The van der Waals surface area contributed by atoms with Gasteiger partial charge in [-0.05, 0) is 46.5 Å². The molecule has 0 saturated heterocycles. The summed E-state index contributed by atoms with van der Waals surface area (Å²) in [5.74, 6) is 0.850. The summed E-state index contributed by atoms with van der Waals surface area (Å²) in [7, 11) is 0. The van der Waals surface area contributed by atoms with Crippen molar-refractivity contribution in [3.05, 3.63) is 158 Å². The van der Waals surface area contributed by atoms with Gasteiger partial charge >= 0.3 is 0 Å². The number of fused-ring (bicyclic) bond motifs is 2. The number of imidazole rings is 1. The molecule has 0 aliphatic carbocycles. The van der Waals surface area contributed by atoms with Crippen LogP contribution in [0.3, 0.4) is 0 Å². The summed E-state index contributed by atoms with van der Waals surface area (Å²) in [4.78, 5) is 5.23. The number of para-hydroxylation sites is 3. The summed E-state index contributed by atoms with van der Waals surface area (Å²) in [5.41, 5.74) is 11.7. The molecular formula is C39H26N2O. The second kappa shape index (κ2) is 10.1. The first-order valence-electron chi connectivity index (χ1n) is 14.1. The standard InChI is InChI=1S/C39H26N2O/c1-4-13-27(14-5-1)30-23-24-33-34(26-42-37(33)25-30)39-40-35-21-10-11-22-36(35)41(39)38-31(28-15-6-2-7-16-28)19-12-20-32(38)29-17-8-3-9-18-29/h1-26H. The highest BCUT2D eigenvalue weighted by atomic mass is 16.3. The van der Waals surface area contributed by atoms with Crippen molar-refractivity contribution in [1.82, 2.24) is 9.55 Å². The highest BCUT2D eigenvalue weighted by molar-refractivity contribution is 5.99. The summed E-state index contributed by atoms with van der Waals surface area (Å²) in [5, 5.41) is 1.03. The molecule has 3 heteroatoms. The summed E-state index contributed by atoms with van der Waals surface area (Å²) >= 11 is 0. The number of rotatable bonds is 5. The normalized spacial score (nSPS) is 11.3. The zero-order chi connectivity index (χ0) is 27.9. The zero-order valence-corrected chi connectivity index (χ0v) is 22.8. The molecule has 8 aromatic rings. The zero-order valence-electron chi connectivity index (χ0n) is 22.8. The molecule has 0 radical (unpaired) electrons. The van der Waals surface area contributed by atoms with Crippen LogP contribution in [-0.4, -0.2) is 9.55 Å². The van der Waals surface area contributed by atoms with Crippen molar-refractivity contribution < 1.29 is 4.42 Å². The van der Waals surface area contributed by atoms with E-state index < -0.39 is 0 Å². The molecule has 0 amide bonds. The van der Waals surface area contributed by atoms with Crippen LogP contribution in [0.2, 0.25) is 0 Å². The lowest BCUT2D eigenvalue weighted by molar-refractivity contribution is 0.616. The van der Waals surface area contributed by atoms with Gasteiger partial charge in [0.15, 0.2) is 0 Å². The van der Waals surface area contributed by atoms with Crippen LogP contribution in [0.4, 0.5) is 0 Å². The maximum absolute atomic E-state index is 6.23. The fraction of sp³-hybridized carbons (Fsp3) is 0. The lowest BCUT2D eigenvalue weighted by Gasteiger charge is -2.19. The fourth-order valence-corrected chi connectivity index (χ4v) is 5.93. The second-order valence-corrected chi connectivity index (χ2v) is 10.4. The molecule has 3 nitrogen and oxygen atoms in total. The summed E-state index contributed by atoms with van der Waals surface area (Å²) in [6.07, 6.45) is 1.85. The van der Waals surface area contributed by atoms with Crippen molar-refractivity contribution in [2.24, 2.45) is 0 Å². The largest absolute Gasteiger partial charge is 0.464 e. The van der Waals surface area contributed by atoms with E-state index in [1.807, 2.05) is 18.4 Å². The van der Waals surface area contributed by atoms with Gasteiger partial charge in [-0.1, -0.05) is 127 Å². The number of hydrogen-bond donors (Lipinski definition) is 0. The fourth-order valence-electron chi connectivity index (χ4n) is 5.93. The minimum absolute atomic E-state index is 0.838. The third kappa shape index (κ3) is 4.03. The van der Waals surface area contributed by atoms with Gasteiger partial charge in [0.25, 0.3) is 0 Å². The van der Waals surface area contributed by atoms with Crippen LogP contribution in [0.15, 0.2) is 162 Å². The van der Waals surface area contributed by atoms with Crippen LogP contribution in [0.25, 0.3) is 72.5 Å². The van der Waals surface area contributed by atoms with Crippen molar-refractivity contribution in [2.75, 3.05) is 0 Å².